The molecule has 1 aromatic carbocycles. The number of aryl methyl sites for hydroxylation is 2. The van der Waals surface area contributed by atoms with Crippen molar-refractivity contribution in [2.75, 3.05) is 19.1 Å². The molecule has 0 saturated carbocycles. The highest BCUT2D eigenvalue weighted by Gasteiger charge is 2.18. The molecule has 4 heteroatoms. The average Bonchev–Trinajstić information content (AvgIpc) is 2.26. The van der Waals surface area contributed by atoms with Crippen molar-refractivity contribution in [1.29, 1.82) is 0 Å². The fraction of sp³-hybridized carbons (Fsp3) is 0.500. The molecule has 1 atom stereocenters. The van der Waals surface area contributed by atoms with Crippen molar-refractivity contribution >= 4 is 11.6 Å². The number of methoxy groups -OCH3 is 1. The third-order valence-corrected chi connectivity index (χ3v) is 2.84. The third kappa shape index (κ3) is 3.23. The summed E-state index contributed by atoms with van der Waals surface area (Å²) in [5.41, 5.74) is 8.58. The van der Waals surface area contributed by atoms with E-state index < -0.39 is 0 Å². The number of carbonyl (C=O) groups excluding carboxylic acids is 1. The van der Waals surface area contributed by atoms with E-state index in [2.05, 4.69) is 0 Å². The molecule has 100 valence electrons. The SMILES string of the molecule is COc1c(C)cc(C)cc1N(C)C(=O)CC(C)N. The van der Waals surface area contributed by atoms with Crippen molar-refractivity contribution in [3.05, 3.63) is 23.3 Å². The van der Waals surface area contributed by atoms with Gasteiger partial charge in [-0.05, 0) is 38.0 Å². The van der Waals surface area contributed by atoms with Gasteiger partial charge in [-0.3, -0.25) is 4.79 Å². The second kappa shape index (κ2) is 5.87. The molecule has 1 aromatic rings. The molecule has 1 amide bonds. The van der Waals surface area contributed by atoms with Gasteiger partial charge in [-0.2, -0.15) is 0 Å². The van der Waals surface area contributed by atoms with Crippen LogP contribution in [0.2, 0.25) is 0 Å². The number of carbonyl (C=O) groups is 1. The zero-order valence-corrected chi connectivity index (χ0v) is 11.8. The Morgan fingerprint density at radius 1 is 1.44 bits per heavy atom. The largest absolute Gasteiger partial charge is 0.494 e. The first kappa shape index (κ1) is 14.5. The minimum atomic E-state index is -0.142. The van der Waals surface area contributed by atoms with Gasteiger partial charge in [-0.25, -0.2) is 0 Å². The van der Waals surface area contributed by atoms with E-state index >= 15 is 0 Å². The highest BCUT2D eigenvalue weighted by molar-refractivity contribution is 5.95. The summed E-state index contributed by atoms with van der Waals surface area (Å²) in [4.78, 5) is 13.6. The summed E-state index contributed by atoms with van der Waals surface area (Å²) < 4.78 is 5.38. The minimum Gasteiger partial charge on any atom is -0.494 e. The highest BCUT2D eigenvalue weighted by Crippen LogP contribution is 2.32. The van der Waals surface area contributed by atoms with E-state index in [-0.39, 0.29) is 11.9 Å². The molecule has 0 aliphatic carbocycles. The Kier molecular flexibility index (Phi) is 4.73. The Labute approximate surface area is 109 Å². The Bertz CT molecular complexity index is 442. The van der Waals surface area contributed by atoms with Gasteiger partial charge in [-0.15, -0.1) is 0 Å². The lowest BCUT2D eigenvalue weighted by molar-refractivity contribution is -0.118. The van der Waals surface area contributed by atoms with Crippen molar-refractivity contribution in [1.82, 2.24) is 0 Å². The second-order valence-electron chi connectivity index (χ2n) is 4.77. The number of ether oxygens (including phenoxy) is 1. The third-order valence-electron chi connectivity index (χ3n) is 2.84. The first-order valence-corrected chi connectivity index (χ1v) is 6.04. The van der Waals surface area contributed by atoms with Crippen molar-refractivity contribution < 1.29 is 9.53 Å². The van der Waals surface area contributed by atoms with Crippen molar-refractivity contribution in [3.63, 3.8) is 0 Å². The summed E-state index contributed by atoms with van der Waals surface area (Å²) in [5.74, 6) is 0.731. The normalized spacial score (nSPS) is 12.1. The maximum atomic E-state index is 12.0. The smallest absolute Gasteiger partial charge is 0.228 e. The van der Waals surface area contributed by atoms with Gasteiger partial charge >= 0.3 is 0 Å². The Morgan fingerprint density at radius 3 is 2.56 bits per heavy atom. The lowest BCUT2D eigenvalue weighted by Crippen LogP contribution is -2.32. The molecule has 0 heterocycles. The predicted molar refractivity (Wildman–Crippen MR) is 74.1 cm³/mol. The first-order chi connectivity index (χ1) is 8.36. The van der Waals surface area contributed by atoms with Crippen LogP contribution in [0.1, 0.15) is 24.5 Å². The minimum absolute atomic E-state index is 0.00620. The summed E-state index contributed by atoms with van der Waals surface area (Å²) in [5, 5.41) is 0. The summed E-state index contributed by atoms with van der Waals surface area (Å²) in [6, 6.07) is 3.84. The molecule has 4 nitrogen and oxygen atoms in total. The Balaban J connectivity index is 3.11. The van der Waals surface area contributed by atoms with Crippen LogP contribution in [0.15, 0.2) is 12.1 Å². The number of anilines is 1. The van der Waals surface area contributed by atoms with Crippen LogP contribution in [-0.2, 0) is 4.79 Å². The molecule has 0 fully saturated rings. The zero-order chi connectivity index (χ0) is 13.9. The maximum Gasteiger partial charge on any atom is 0.228 e. The second-order valence-corrected chi connectivity index (χ2v) is 4.77. The number of rotatable bonds is 4. The number of hydrogen-bond acceptors (Lipinski definition) is 3. The molecule has 1 rings (SSSR count). The summed E-state index contributed by atoms with van der Waals surface area (Å²) >= 11 is 0. The van der Waals surface area contributed by atoms with Gasteiger partial charge in [0.2, 0.25) is 5.91 Å². The van der Waals surface area contributed by atoms with Crippen LogP contribution in [0.5, 0.6) is 5.75 Å². The molecule has 1 unspecified atom stereocenters. The Hall–Kier alpha value is -1.55. The van der Waals surface area contributed by atoms with Gasteiger partial charge in [0.05, 0.1) is 12.8 Å². The lowest BCUT2D eigenvalue weighted by atomic mass is 10.1. The molecule has 0 aliphatic heterocycles. The van der Waals surface area contributed by atoms with E-state index in [1.54, 1.807) is 19.1 Å². The lowest BCUT2D eigenvalue weighted by Gasteiger charge is -2.22. The van der Waals surface area contributed by atoms with Gasteiger partial charge in [0.15, 0.2) is 0 Å². The summed E-state index contributed by atoms with van der Waals surface area (Å²) in [7, 11) is 3.37. The van der Waals surface area contributed by atoms with Crippen LogP contribution in [0.25, 0.3) is 0 Å². The molecule has 2 N–H and O–H groups in total. The molecule has 0 bridgehead atoms. The van der Waals surface area contributed by atoms with E-state index in [1.165, 1.54) is 0 Å². The predicted octanol–water partition coefficient (Wildman–Crippen LogP) is 2.01. The van der Waals surface area contributed by atoms with Gasteiger partial charge < -0.3 is 15.4 Å². The van der Waals surface area contributed by atoms with E-state index in [0.29, 0.717) is 6.42 Å². The van der Waals surface area contributed by atoms with E-state index in [4.69, 9.17) is 10.5 Å². The van der Waals surface area contributed by atoms with Crippen molar-refractivity contribution in [2.45, 2.75) is 33.2 Å². The van der Waals surface area contributed by atoms with Crippen molar-refractivity contribution in [2.24, 2.45) is 5.73 Å². The molecular formula is C14H22N2O2. The van der Waals surface area contributed by atoms with E-state index in [1.807, 2.05) is 32.9 Å². The van der Waals surface area contributed by atoms with Crippen LogP contribution in [0, 0.1) is 13.8 Å². The molecule has 0 aromatic heterocycles. The van der Waals surface area contributed by atoms with Gasteiger partial charge in [0.1, 0.15) is 5.75 Å². The van der Waals surface area contributed by atoms with Crippen LogP contribution >= 0.6 is 0 Å². The van der Waals surface area contributed by atoms with Crippen LogP contribution in [-0.4, -0.2) is 26.1 Å². The number of amides is 1. The molecule has 0 spiro atoms. The van der Waals surface area contributed by atoms with Crippen LogP contribution in [0.4, 0.5) is 5.69 Å². The monoisotopic (exact) mass is 250 g/mol. The first-order valence-electron chi connectivity index (χ1n) is 6.04. The number of nitrogens with zero attached hydrogens (tertiary/aromatic N) is 1. The van der Waals surface area contributed by atoms with Crippen molar-refractivity contribution in [3.8, 4) is 5.75 Å². The molecule has 0 radical (unpaired) electrons. The number of benzene rings is 1. The highest BCUT2D eigenvalue weighted by atomic mass is 16.5. The molecular weight excluding hydrogens is 228 g/mol. The number of nitrogens with two attached hydrogens (primary N) is 1. The standard InChI is InChI=1S/C14H22N2O2/c1-9-6-10(2)14(18-5)12(7-9)16(4)13(17)8-11(3)15/h6-7,11H,8,15H2,1-5H3. The quantitative estimate of drug-likeness (QED) is 0.889. The van der Waals surface area contributed by atoms with Crippen LogP contribution < -0.4 is 15.4 Å². The molecule has 18 heavy (non-hydrogen) atoms. The van der Waals surface area contributed by atoms with Crippen LogP contribution in [0.3, 0.4) is 0 Å². The number of hydrogen-bond donors (Lipinski definition) is 1. The topological polar surface area (TPSA) is 55.6 Å². The fourth-order valence-electron chi connectivity index (χ4n) is 1.99. The summed E-state index contributed by atoms with van der Waals surface area (Å²) in [6.07, 6.45) is 0.326. The average molecular weight is 250 g/mol. The van der Waals surface area contributed by atoms with E-state index in [0.717, 1.165) is 22.6 Å². The van der Waals surface area contributed by atoms with Gasteiger partial charge in [-0.1, -0.05) is 6.07 Å². The molecule has 0 aliphatic rings. The van der Waals surface area contributed by atoms with E-state index in [9.17, 15) is 4.79 Å². The Morgan fingerprint density at radius 2 is 2.06 bits per heavy atom. The molecule has 0 saturated heterocycles. The van der Waals surface area contributed by atoms with Gasteiger partial charge in [0.25, 0.3) is 0 Å². The fourth-order valence-corrected chi connectivity index (χ4v) is 1.99. The van der Waals surface area contributed by atoms with Gasteiger partial charge in [0, 0.05) is 19.5 Å². The maximum absolute atomic E-state index is 12.0. The zero-order valence-electron chi connectivity index (χ0n) is 11.8. The summed E-state index contributed by atoms with van der Waals surface area (Å²) in [6.45, 7) is 5.80.